The number of amides is 2. The standard InChI is InChI=1S/C30H59N3O5.ClH/c1-5-6-7-8-9-10-11-12-13-14-15-16-17-18-19-20-21-31-29(34)37-26-28(36-4)27-38-30(35)32-22-24-33(2,3)25-23-32;/h28H,5-27H2,1-4H3;1H. The van der Waals surface area contributed by atoms with Gasteiger partial charge in [-0.3, -0.25) is 4.90 Å². The van der Waals surface area contributed by atoms with Gasteiger partial charge >= 0.3 is 12.2 Å². The molecule has 0 bridgehead atoms. The van der Waals surface area contributed by atoms with Gasteiger partial charge < -0.3 is 36.4 Å². The van der Waals surface area contributed by atoms with E-state index in [0.29, 0.717) is 19.6 Å². The molecule has 0 saturated carbocycles. The number of piperazine rings is 1. The molecule has 0 aliphatic carbocycles. The molecule has 1 fully saturated rings. The Labute approximate surface area is 245 Å². The fourth-order valence-electron chi connectivity index (χ4n) is 4.71. The summed E-state index contributed by atoms with van der Waals surface area (Å²) in [6.07, 6.45) is 20.0. The Bertz CT molecular complexity index is 599. The predicted molar refractivity (Wildman–Crippen MR) is 154 cm³/mol. The van der Waals surface area contributed by atoms with E-state index in [1.165, 1.54) is 97.0 Å². The first kappa shape index (κ1) is 37.8. The molecule has 1 unspecified atom stereocenters. The lowest BCUT2D eigenvalue weighted by atomic mass is 10.0. The van der Waals surface area contributed by atoms with Crippen molar-refractivity contribution in [1.82, 2.24) is 10.2 Å². The van der Waals surface area contributed by atoms with Crippen molar-refractivity contribution in [2.75, 3.05) is 67.1 Å². The van der Waals surface area contributed by atoms with Crippen LogP contribution in [0.3, 0.4) is 0 Å². The molecule has 1 aliphatic rings. The molecule has 1 N–H and O–H groups in total. The first-order chi connectivity index (χ1) is 18.4. The lowest BCUT2D eigenvalue weighted by Crippen LogP contribution is -3.00. The summed E-state index contributed by atoms with van der Waals surface area (Å²) in [5, 5.41) is 2.80. The van der Waals surface area contributed by atoms with Crippen LogP contribution in [-0.2, 0) is 14.2 Å². The van der Waals surface area contributed by atoms with Crippen LogP contribution in [0.25, 0.3) is 0 Å². The predicted octanol–water partition coefficient (Wildman–Crippen LogP) is 3.52. The minimum atomic E-state index is -0.475. The number of rotatable bonds is 22. The maximum Gasteiger partial charge on any atom is 0.410 e. The maximum absolute atomic E-state index is 12.3. The Kier molecular flexibility index (Phi) is 23.8. The summed E-state index contributed by atoms with van der Waals surface area (Å²) in [7, 11) is 5.84. The molecule has 1 rings (SSSR count). The average molecular weight is 578 g/mol. The van der Waals surface area contributed by atoms with Gasteiger partial charge in [-0.25, -0.2) is 9.59 Å². The van der Waals surface area contributed by atoms with E-state index in [4.69, 9.17) is 14.2 Å². The van der Waals surface area contributed by atoms with Crippen molar-refractivity contribution in [3.63, 3.8) is 0 Å². The first-order valence-corrected chi connectivity index (χ1v) is 15.5. The zero-order chi connectivity index (χ0) is 27.9. The molecule has 0 spiro atoms. The number of methoxy groups -OCH3 is 1. The summed E-state index contributed by atoms with van der Waals surface area (Å²) in [5.41, 5.74) is 0. The van der Waals surface area contributed by atoms with E-state index >= 15 is 0 Å². The monoisotopic (exact) mass is 577 g/mol. The fourth-order valence-corrected chi connectivity index (χ4v) is 4.71. The smallest absolute Gasteiger partial charge is 0.410 e. The quantitative estimate of drug-likeness (QED) is 0.157. The van der Waals surface area contributed by atoms with Gasteiger partial charge in [0.1, 0.15) is 19.3 Å². The number of hydrogen-bond acceptors (Lipinski definition) is 5. The van der Waals surface area contributed by atoms with Crippen LogP contribution < -0.4 is 17.7 Å². The SMILES string of the molecule is CCCCCCCCCCCCCCCCCCNC(=O)OCC(COC(=O)N1CC[N+](C)(C)CC1)OC.[Cl-]. The van der Waals surface area contributed by atoms with Gasteiger partial charge in [-0.2, -0.15) is 0 Å². The molecule has 0 aromatic rings. The summed E-state index contributed by atoms with van der Waals surface area (Å²) in [6, 6.07) is 0. The van der Waals surface area contributed by atoms with Gasteiger partial charge in [0.2, 0.25) is 0 Å². The number of unbranched alkanes of at least 4 members (excludes halogenated alkanes) is 15. The lowest BCUT2D eigenvalue weighted by Gasteiger charge is -2.38. The first-order valence-electron chi connectivity index (χ1n) is 15.5. The molecule has 1 saturated heterocycles. The number of nitrogens with zero attached hydrogens (tertiary/aromatic N) is 2. The summed E-state index contributed by atoms with van der Waals surface area (Å²) < 4.78 is 16.8. The van der Waals surface area contributed by atoms with Crippen LogP contribution in [0.15, 0.2) is 0 Å². The Morgan fingerprint density at radius 2 is 1.18 bits per heavy atom. The highest BCUT2D eigenvalue weighted by Gasteiger charge is 2.28. The summed E-state index contributed by atoms with van der Waals surface area (Å²) >= 11 is 0. The molecule has 0 radical (unpaired) electrons. The van der Waals surface area contributed by atoms with Gasteiger partial charge in [0.05, 0.1) is 40.3 Å². The van der Waals surface area contributed by atoms with Crippen molar-refractivity contribution in [3.05, 3.63) is 0 Å². The largest absolute Gasteiger partial charge is 1.00 e. The Balaban J connectivity index is 0.0000144. The number of carbonyl (C=O) groups excluding carboxylic acids is 2. The average Bonchev–Trinajstić information content (AvgIpc) is 2.90. The Morgan fingerprint density at radius 3 is 1.64 bits per heavy atom. The number of alkyl carbamates (subject to hydrolysis) is 1. The highest BCUT2D eigenvalue weighted by Crippen LogP contribution is 2.14. The van der Waals surface area contributed by atoms with E-state index in [1.807, 2.05) is 0 Å². The van der Waals surface area contributed by atoms with Gasteiger partial charge in [0.15, 0.2) is 0 Å². The molecule has 2 amide bonds. The molecule has 8 nitrogen and oxygen atoms in total. The Morgan fingerprint density at radius 1 is 0.744 bits per heavy atom. The van der Waals surface area contributed by atoms with Crippen LogP contribution in [0.1, 0.15) is 110 Å². The maximum atomic E-state index is 12.3. The van der Waals surface area contributed by atoms with Crippen LogP contribution in [0.2, 0.25) is 0 Å². The molecule has 0 aromatic heterocycles. The molecular formula is C30H60ClN3O5. The third-order valence-corrected chi connectivity index (χ3v) is 7.63. The number of halogens is 1. The van der Waals surface area contributed by atoms with Gasteiger partial charge in [-0.15, -0.1) is 0 Å². The second-order valence-electron chi connectivity index (χ2n) is 11.6. The van der Waals surface area contributed by atoms with Crippen molar-refractivity contribution in [2.24, 2.45) is 0 Å². The highest BCUT2D eigenvalue weighted by molar-refractivity contribution is 5.68. The normalized spacial score (nSPS) is 15.3. The van der Waals surface area contributed by atoms with Gasteiger partial charge in [0.25, 0.3) is 0 Å². The third kappa shape index (κ3) is 21.2. The summed E-state index contributed by atoms with van der Waals surface area (Å²) in [4.78, 5) is 26.0. The molecule has 1 aliphatic heterocycles. The fraction of sp³-hybridized carbons (Fsp3) is 0.933. The van der Waals surface area contributed by atoms with Crippen LogP contribution >= 0.6 is 0 Å². The lowest BCUT2D eigenvalue weighted by molar-refractivity contribution is -0.894. The number of quaternary nitrogens is 1. The molecule has 39 heavy (non-hydrogen) atoms. The minimum Gasteiger partial charge on any atom is -1.00 e. The highest BCUT2D eigenvalue weighted by atomic mass is 35.5. The second-order valence-corrected chi connectivity index (χ2v) is 11.6. The Hall–Kier alpha value is -1.25. The zero-order valence-electron chi connectivity index (χ0n) is 25.7. The summed E-state index contributed by atoms with van der Waals surface area (Å²) in [6.45, 7) is 6.19. The van der Waals surface area contributed by atoms with E-state index < -0.39 is 12.2 Å². The molecule has 1 atom stereocenters. The van der Waals surface area contributed by atoms with E-state index in [-0.39, 0.29) is 31.7 Å². The van der Waals surface area contributed by atoms with Crippen molar-refractivity contribution in [2.45, 2.75) is 116 Å². The third-order valence-electron chi connectivity index (χ3n) is 7.63. The number of hydrogen-bond donors (Lipinski definition) is 1. The van der Waals surface area contributed by atoms with Crippen LogP contribution in [-0.4, -0.2) is 94.8 Å². The molecule has 0 aromatic carbocycles. The number of nitrogens with one attached hydrogen (secondary N) is 1. The van der Waals surface area contributed by atoms with Crippen LogP contribution in [0.5, 0.6) is 0 Å². The van der Waals surface area contributed by atoms with Crippen LogP contribution in [0, 0.1) is 0 Å². The minimum absolute atomic E-state index is 0. The van der Waals surface area contributed by atoms with Crippen molar-refractivity contribution >= 4 is 12.2 Å². The van der Waals surface area contributed by atoms with E-state index in [9.17, 15) is 9.59 Å². The topological polar surface area (TPSA) is 77.1 Å². The van der Waals surface area contributed by atoms with E-state index in [2.05, 4.69) is 26.3 Å². The summed E-state index contributed by atoms with van der Waals surface area (Å²) in [5.74, 6) is 0. The van der Waals surface area contributed by atoms with E-state index in [1.54, 1.807) is 4.90 Å². The molecule has 1 heterocycles. The number of carbonyl (C=O) groups is 2. The van der Waals surface area contributed by atoms with Gasteiger partial charge in [0, 0.05) is 13.7 Å². The second kappa shape index (κ2) is 24.5. The van der Waals surface area contributed by atoms with Gasteiger partial charge in [-0.1, -0.05) is 103 Å². The molecular weight excluding hydrogens is 518 g/mol. The van der Waals surface area contributed by atoms with Crippen molar-refractivity contribution in [1.29, 1.82) is 0 Å². The van der Waals surface area contributed by atoms with Crippen molar-refractivity contribution < 1.29 is 40.7 Å². The molecule has 9 heteroatoms. The zero-order valence-corrected chi connectivity index (χ0v) is 26.4. The van der Waals surface area contributed by atoms with Crippen molar-refractivity contribution in [3.8, 4) is 0 Å². The molecule has 232 valence electrons. The van der Waals surface area contributed by atoms with E-state index in [0.717, 1.165) is 30.4 Å². The van der Waals surface area contributed by atoms with Crippen LogP contribution in [0.4, 0.5) is 9.59 Å². The van der Waals surface area contributed by atoms with Gasteiger partial charge in [-0.05, 0) is 6.42 Å². The number of ether oxygens (including phenoxy) is 3. The number of likely N-dealkylation sites (N-methyl/N-ethyl adjacent to an activating group) is 1.